The molecule has 0 bridgehead atoms. The largest absolute Gasteiger partial charge is 0.465 e. The van der Waals surface area contributed by atoms with E-state index in [1.165, 1.54) is 0 Å². The first-order chi connectivity index (χ1) is 16.2. The second-order valence-corrected chi connectivity index (χ2v) is 10.3. The number of aromatic nitrogens is 1. The fourth-order valence-corrected chi connectivity index (χ4v) is 4.49. The molecule has 34 heavy (non-hydrogen) atoms. The highest BCUT2D eigenvalue weighted by molar-refractivity contribution is 5.88. The van der Waals surface area contributed by atoms with Gasteiger partial charge in [-0.05, 0) is 78.0 Å². The molecule has 1 saturated heterocycles. The highest BCUT2D eigenvalue weighted by atomic mass is 16.6. The number of ether oxygens (including phenoxy) is 2. The summed E-state index contributed by atoms with van der Waals surface area (Å²) in [5.74, 6) is 0.652. The van der Waals surface area contributed by atoms with Crippen molar-refractivity contribution in [1.82, 2.24) is 14.8 Å². The van der Waals surface area contributed by atoms with Gasteiger partial charge in [-0.1, -0.05) is 12.5 Å². The van der Waals surface area contributed by atoms with Crippen LogP contribution in [0.5, 0.6) is 0 Å². The Kier molecular flexibility index (Phi) is 9.71. The van der Waals surface area contributed by atoms with Crippen molar-refractivity contribution in [1.29, 1.82) is 0 Å². The Hall–Kier alpha value is -2.19. The van der Waals surface area contributed by atoms with Crippen LogP contribution in [0.15, 0.2) is 12.1 Å². The van der Waals surface area contributed by atoms with E-state index >= 15 is 0 Å². The maximum atomic E-state index is 12.7. The van der Waals surface area contributed by atoms with Gasteiger partial charge in [-0.2, -0.15) is 0 Å². The molecule has 2 aliphatic rings. The standard InChI is InChI=1S/C26H42N4O4/c1-5-33-23(31)20-29-18-16-28(17-19-29)14-8-6-7-11-22-13-12-21-10-9-15-30(24(21)27-22)25(32)34-26(2,3)4/h12-13H,5-11,14-20H2,1-4H3. The fraction of sp³-hybridized carbons (Fsp3) is 0.731. The molecular weight excluding hydrogens is 432 g/mol. The zero-order valence-corrected chi connectivity index (χ0v) is 21.5. The van der Waals surface area contributed by atoms with Crippen molar-refractivity contribution in [3.63, 3.8) is 0 Å². The van der Waals surface area contributed by atoms with Gasteiger partial charge >= 0.3 is 12.1 Å². The molecule has 0 aliphatic carbocycles. The van der Waals surface area contributed by atoms with Crippen LogP contribution in [-0.2, 0) is 27.1 Å². The Labute approximate surface area is 204 Å². The van der Waals surface area contributed by atoms with E-state index in [1.54, 1.807) is 4.90 Å². The number of amides is 1. The van der Waals surface area contributed by atoms with Crippen molar-refractivity contribution in [2.45, 2.75) is 71.8 Å². The van der Waals surface area contributed by atoms with E-state index < -0.39 is 5.60 Å². The molecule has 1 aromatic rings. The van der Waals surface area contributed by atoms with Crippen LogP contribution in [0.4, 0.5) is 10.6 Å². The van der Waals surface area contributed by atoms with Crippen LogP contribution in [-0.4, -0.2) is 84.9 Å². The molecule has 0 aromatic carbocycles. The second-order valence-electron chi connectivity index (χ2n) is 10.3. The van der Waals surface area contributed by atoms with Crippen LogP contribution < -0.4 is 4.90 Å². The third kappa shape index (κ3) is 8.24. The summed E-state index contributed by atoms with van der Waals surface area (Å²) in [5, 5.41) is 0. The Morgan fingerprint density at radius 3 is 2.44 bits per heavy atom. The van der Waals surface area contributed by atoms with Crippen molar-refractivity contribution in [3.8, 4) is 0 Å². The summed E-state index contributed by atoms with van der Waals surface area (Å²) in [6, 6.07) is 4.24. The minimum atomic E-state index is -0.514. The summed E-state index contributed by atoms with van der Waals surface area (Å²) in [6.07, 6.45) is 5.90. The number of nitrogens with zero attached hydrogens (tertiary/aromatic N) is 4. The van der Waals surface area contributed by atoms with Crippen LogP contribution >= 0.6 is 0 Å². The van der Waals surface area contributed by atoms with Gasteiger partial charge in [-0.25, -0.2) is 9.78 Å². The highest BCUT2D eigenvalue weighted by Crippen LogP contribution is 2.27. The number of rotatable bonds is 9. The van der Waals surface area contributed by atoms with Crippen LogP contribution in [0.1, 0.15) is 64.6 Å². The van der Waals surface area contributed by atoms with Crippen molar-refractivity contribution in [2.75, 3.05) is 57.3 Å². The molecule has 0 atom stereocenters. The lowest BCUT2D eigenvalue weighted by atomic mass is 10.0. The lowest BCUT2D eigenvalue weighted by Gasteiger charge is -2.34. The number of unbranched alkanes of at least 4 members (excludes halogenated alkanes) is 2. The van der Waals surface area contributed by atoms with E-state index in [0.717, 1.165) is 88.3 Å². The maximum Gasteiger partial charge on any atom is 0.416 e. The van der Waals surface area contributed by atoms with Crippen LogP contribution in [0.25, 0.3) is 0 Å². The normalized spacial score (nSPS) is 17.4. The van der Waals surface area contributed by atoms with Crippen molar-refractivity contribution < 1.29 is 19.1 Å². The molecule has 8 heteroatoms. The quantitative estimate of drug-likeness (QED) is 0.399. The van der Waals surface area contributed by atoms with Gasteiger partial charge in [0.2, 0.25) is 0 Å². The van der Waals surface area contributed by atoms with E-state index in [1.807, 2.05) is 27.7 Å². The number of piperazine rings is 1. The topological polar surface area (TPSA) is 75.2 Å². The average Bonchev–Trinajstić information content (AvgIpc) is 2.78. The number of fused-ring (bicyclic) bond motifs is 1. The van der Waals surface area contributed by atoms with Crippen molar-refractivity contribution >= 4 is 17.9 Å². The van der Waals surface area contributed by atoms with E-state index in [2.05, 4.69) is 21.9 Å². The Morgan fingerprint density at radius 2 is 1.74 bits per heavy atom. The molecule has 0 spiro atoms. The van der Waals surface area contributed by atoms with E-state index in [0.29, 0.717) is 19.7 Å². The predicted octanol–water partition coefficient (Wildman–Crippen LogP) is 3.66. The van der Waals surface area contributed by atoms with E-state index in [4.69, 9.17) is 14.5 Å². The molecule has 190 valence electrons. The van der Waals surface area contributed by atoms with Crippen molar-refractivity contribution in [3.05, 3.63) is 23.4 Å². The van der Waals surface area contributed by atoms with Crippen LogP contribution in [0.3, 0.4) is 0 Å². The first kappa shape index (κ1) is 26.4. The monoisotopic (exact) mass is 474 g/mol. The van der Waals surface area contributed by atoms with Gasteiger partial charge in [-0.3, -0.25) is 14.6 Å². The van der Waals surface area contributed by atoms with Gasteiger partial charge in [0.05, 0.1) is 13.2 Å². The predicted molar refractivity (Wildman–Crippen MR) is 133 cm³/mol. The molecule has 1 amide bonds. The Balaban J connectivity index is 1.39. The molecule has 8 nitrogen and oxygen atoms in total. The van der Waals surface area contributed by atoms with E-state index in [-0.39, 0.29) is 12.1 Å². The first-order valence-corrected chi connectivity index (χ1v) is 12.8. The lowest BCUT2D eigenvalue weighted by molar-refractivity contribution is -0.144. The maximum absolute atomic E-state index is 12.7. The number of pyridine rings is 1. The van der Waals surface area contributed by atoms with Crippen LogP contribution in [0, 0.1) is 0 Å². The minimum Gasteiger partial charge on any atom is -0.465 e. The number of hydrogen-bond donors (Lipinski definition) is 0. The fourth-order valence-electron chi connectivity index (χ4n) is 4.49. The smallest absolute Gasteiger partial charge is 0.416 e. The van der Waals surface area contributed by atoms with E-state index in [9.17, 15) is 9.59 Å². The molecule has 0 N–H and O–H groups in total. The number of esters is 1. The minimum absolute atomic E-state index is 0.124. The number of carbonyl (C=O) groups is 2. The lowest BCUT2D eigenvalue weighted by Crippen LogP contribution is -2.48. The number of hydrogen-bond acceptors (Lipinski definition) is 7. The average molecular weight is 475 g/mol. The molecule has 3 rings (SSSR count). The summed E-state index contributed by atoms with van der Waals surface area (Å²) >= 11 is 0. The van der Waals surface area contributed by atoms with Gasteiger partial charge in [0.25, 0.3) is 0 Å². The molecule has 3 heterocycles. The summed E-state index contributed by atoms with van der Waals surface area (Å²) in [5.41, 5.74) is 1.66. The van der Waals surface area contributed by atoms with Gasteiger partial charge in [-0.15, -0.1) is 0 Å². The van der Waals surface area contributed by atoms with Crippen LogP contribution in [0.2, 0.25) is 0 Å². The number of aryl methyl sites for hydroxylation is 2. The van der Waals surface area contributed by atoms with Gasteiger partial charge in [0, 0.05) is 38.4 Å². The Morgan fingerprint density at radius 1 is 1.00 bits per heavy atom. The Bertz CT molecular complexity index is 816. The van der Waals surface area contributed by atoms with Gasteiger partial charge < -0.3 is 14.4 Å². The zero-order chi connectivity index (χ0) is 24.6. The second kappa shape index (κ2) is 12.5. The molecule has 0 radical (unpaired) electrons. The summed E-state index contributed by atoms with van der Waals surface area (Å²) < 4.78 is 10.6. The molecule has 2 aliphatic heterocycles. The third-order valence-electron chi connectivity index (χ3n) is 6.24. The molecule has 1 fully saturated rings. The van der Waals surface area contributed by atoms with Crippen molar-refractivity contribution in [2.24, 2.45) is 0 Å². The summed E-state index contributed by atoms with van der Waals surface area (Å²) in [6.45, 7) is 14.0. The van der Waals surface area contributed by atoms with Gasteiger partial charge in [0.1, 0.15) is 11.4 Å². The highest BCUT2D eigenvalue weighted by Gasteiger charge is 2.28. The molecular formula is C26H42N4O4. The number of anilines is 1. The molecule has 0 saturated carbocycles. The summed E-state index contributed by atoms with van der Waals surface area (Å²) in [4.78, 5) is 35.5. The molecule has 0 unspecified atom stereocenters. The third-order valence-corrected chi connectivity index (χ3v) is 6.24. The summed E-state index contributed by atoms with van der Waals surface area (Å²) in [7, 11) is 0. The van der Waals surface area contributed by atoms with Gasteiger partial charge in [0.15, 0.2) is 0 Å². The number of carbonyl (C=O) groups excluding carboxylic acids is 2. The molecule has 1 aromatic heterocycles. The first-order valence-electron chi connectivity index (χ1n) is 12.8. The SMILES string of the molecule is CCOC(=O)CN1CCN(CCCCCc2ccc3c(n2)N(C(=O)OC(C)(C)C)CCC3)CC1. The zero-order valence-electron chi connectivity index (χ0n) is 21.5.